The van der Waals surface area contributed by atoms with Gasteiger partial charge in [-0.1, -0.05) is 65.2 Å². The van der Waals surface area contributed by atoms with Crippen molar-refractivity contribution in [2.75, 3.05) is 13.2 Å². The number of nitrogens with one attached hydrogen (secondary N) is 2. The molecule has 30 heavy (non-hydrogen) atoms. The summed E-state index contributed by atoms with van der Waals surface area (Å²) in [4.78, 5) is 24.5. The maximum Gasteiger partial charge on any atom is 0.269 e. The van der Waals surface area contributed by atoms with Gasteiger partial charge in [0.1, 0.15) is 11.5 Å². The lowest BCUT2D eigenvalue weighted by atomic mass is 10.1. The van der Waals surface area contributed by atoms with E-state index >= 15 is 0 Å². The molecule has 2 amide bonds. The number of carbonyl (C=O) groups excluding carboxylic acids is 2. The maximum atomic E-state index is 12.3. The van der Waals surface area contributed by atoms with Gasteiger partial charge in [0.15, 0.2) is 0 Å². The topological polar surface area (TPSA) is 129 Å². The first-order chi connectivity index (χ1) is 14.6. The number of nitrogen functional groups attached to an aromatic ring is 2. The first-order valence-corrected chi connectivity index (χ1v) is 11.0. The first-order valence-electron chi connectivity index (χ1n) is 11.0. The van der Waals surface area contributed by atoms with Gasteiger partial charge in [-0.15, -0.1) is 0 Å². The van der Waals surface area contributed by atoms with Crippen LogP contribution in [0.15, 0.2) is 12.1 Å². The number of nitrogens with two attached hydrogens (primary N) is 2. The van der Waals surface area contributed by atoms with Gasteiger partial charge in [-0.05, 0) is 25.0 Å². The van der Waals surface area contributed by atoms with Crippen LogP contribution in [0.4, 0.5) is 0 Å². The normalized spacial score (nSPS) is 10.5. The van der Waals surface area contributed by atoms with Crippen molar-refractivity contribution in [1.82, 2.24) is 10.9 Å². The van der Waals surface area contributed by atoms with E-state index < -0.39 is 11.8 Å². The van der Waals surface area contributed by atoms with Crippen LogP contribution >= 0.6 is 0 Å². The number of hydrogen-bond donors (Lipinski definition) is 4. The Morgan fingerprint density at radius 1 is 0.700 bits per heavy atom. The Hall–Kier alpha value is -2.32. The molecule has 0 radical (unpaired) electrons. The number of unbranched alkanes of at least 4 members (excludes halogenated alkanes) is 8. The summed E-state index contributed by atoms with van der Waals surface area (Å²) in [5.74, 6) is 10.2. The van der Waals surface area contributed by atoms with Crippen molar-refractivity contribution in [2.45, 2.75) is 78.1 Å². The van der Waals surface area contributed by atoms with Gasteiger partial charge in [-0.2, -0.15) is 0 Å². The average molecular weight is 423 g/mol. The van der Waals surface area contributed by atoms with Crippen LogP contribution in [-0.4, -0.2) is 25.0 Å². The molecule has 6 N–H and O–H groups in total. The monoisotopic (exact) mass is 422 g/mol. The predicted octanol–water partition coefficient (Wildman–Crippen LogP) is 3.59. The second-order valence-electron chi connectivity index (χ2n) is 7.32. The highest BCUT2D eigenvalue weighted by Gasteiger charge is 2.21. The van der Waals surface area contributed by atoms with Crippen molar-refractivity contribution in [3.8, 4) is 11.5 Å². The van der Waals surface area contributed by atoms with Crippen LogP contribution in [0, 0.1) is 0 Å². The molecule has 0 aromatic heterocycles. The molecular formula is C22H38N4O4. The van der Waals surface area contributed by atoms with Crippen LogP contribution < -0.4 is 32.0 Å². The predicted molar refractivity (Wildman–Crippen MR) is 118 cm³/mol. The number of carbonyl (C=O) groups is 2. The van der Waals surface area contributed by atoms with Crippen LogP contribution in [0.1, 0.15) is 98.8 Å². The van der Waals surface area contributed by atoms with Crippen LogP contribution in [0.5, 0.6) is 11.5 Å². The molecule has 1 aromatic carbocycles. The zero-order valence-corrected chi connectivity index (χ0v) is 18.4. The second kappa shape index (κ2) is 15.5. The fourth-order valence-electron chi connectivity index (χ4n) is 3.08. The molecule has 0 aliphatic carbocycles. The standard InChI is InChI=1S/C22H38N4O4/c1-3-5-7-9-11-13-29-19-15-18(22(28)26-24)20(16-17(19)21(27)25-23)30-14-12-10-8-6-4-2/h15-16H,3-14,23-24H2,1-2H3,(H,25,27)(H,26,28). The molecule has 0 saturated carbocycles. The summed E-state index contributed by atoms with van der Waals surface area (Å²) in [5.41, 5.74) is 4.69. The molecule has 0 bridgehead atoms. The van der Waals surface area contributed by atoms with Crippen molar-refractivity contribution < 1.29 is 19.1 Å². The SMILES string of the molecule is CCCCCCCOc1cc(C(=O)NN)c(OCCCCCCC)cc1C(=O)NN. The molecule has 0 unspecified atom stereocenters. The van der Waals surface area contributed by atoms with Crippen LogP contribution in [-0.2, 0) is 0 Å². The Kier molecular flexibility index (Phi) is 13.3. The molecule has 0 heterocycles. The Labute approximate surface area is 180 Å². The summed E-state index contributed by atoms with van der Waals surface area (Å²) in [6.07, 6.45) is 10.8. The summed E-state index contributed by atoms with van der Waals surface area (Å²) in [6, 6.07) is 2.98. The summed E-state index contributed by atoms with van der Waals surface area (Å²) in [7, 11) is 0. The number of ether oxygens (including phenoxy) is 2. The molecule has 1 aromatic rings. The molecule has 0 atom stereocenters. The third-order valence-electron chi connectivity index (χ3n) is 4.84. The van der Waals surface area contributed by atoms with E-state index in [0.717, 1.165) is 38.5 Å². The zero-order chi connectivity index (χ0) is 22.2. The lowest BCUT2D eigenvalue weighted by molar-refractivity contribution is 0.0934. The van der Waals surface area contributed by atoms with Crippen molar-refractivity contribution >= 4 is 11.8 Å². The first kappa shape index (κ1) is 25.7. The summed E-state index contributed by atoms with van der Waals surface area (Å²) in [5, 5.41) is 0. The lowest BCUT2D eigenvalue weighted by Crippen LogP contribution is -2.32. The van der Waals surface area contributed by atoms with Gasteiger partial charge in [0, 0.05) is 0 Å². The summed E-state index contributed by atoms with van der Waals surface area (Å²) >= 11 is 0. The number of rotatable bonds is 16. The number of hydrazine groups is 2. The Morgan fingerprint density at radius 2 is 1.07 bits per heavy atom. The fourth-order valence-corrected chi connectivity index (χ4v) is 3.08. The van der Waals surface area contributed by atoms with Crippen molar-refractivity contribution in [2.24, 2.45) is 11.7 Å². The Morgan fingerprint density at radius 3 is 1.40 bits per heavy atom. The van der Waals surface area contributed by atoms with Crippen LogP contribution in [0.3, 0.4) is 0 Å². The quantitative estimate of drug-likeness (QED) is 0.139. The molecule has 0 saturated heterocycles. The maximum absolute atomic E-state index is 12.3. The van der Waals surface area contributed by atoms with Gasteiger partial charge in [-0.25, -0.2) is 11.7 Å². The minimum atomic E-state index is -0.511. The third-order valence-corrected chi connectivity index (χ3v) is 4.84. The summed E-state index contributed by atoms with van der Waals surface area (Å²) in [6.45, 7) is 5.20. The fraction of sp³-hybridized carbons (Fsp3) is 0.636. The number of hydrogen-bond acceptors (Lipinski definition) is 6. The van der Waals surface area contributed by atoms with Crippen molar-refractivity contribution in [1.29, 1.82) is 0 Å². The average Bonchev–Trinajstić information content (AvgIpc) is 2.77. The highest BCUT2D eigenvalue weighted by Crippen LogP contribution is 2.30. The van der Waals surface area contributed by atoms with E-state index in [1.807, 2.05) is 0 Å². The molecule has 1 rings (SSSR count). The molecule has 8 nitrogen and oxygen atoms in total. The van der Waals surface area contributed by atoms with Gasteiger partial charge in [0.2, 0.25) is 0 Å². The van der Waals surface area contributed by atoms with E-state index in [4.69, 9.17) is 21.2 Å². The zero-order valence-electron chi connectivity index (χ0n) is 18.4. The van der Waals surface area contributed by atoms with E-state index in [0.29, 0.717) is 13.2 Å². The van der Waals surface area contributed by atoms with E-state index in [2.05, 4.69) is 24.7 Å². The molecule has 0 fully saturated rings. The smallest absolute Gasteiger partial charge is 0.269 e. The van der Waals surface area contributed by atoms with Gasteiger partial charge >= 0.3 is 0 Å². The van der Waals surface area contributed by atoms with Crippen molar-refractivity contribution in [3.05, 3.63) is 23.3 Å². The molecule has 170 valence electrons. The number of amides is 2. The van der Waals surface area contributed by atoms with Crippen LogP contribution in [0.25, 0.3) is 0 Å². The third kappa shape index (κ3) is 9.00. The Balaban J connectivity index is 2.92. The number of benzene rings is 1. The molecule has 0 aliphatic rings. The van der Waals surface area contributed by atoms with Gasteiger partial charge < -0.3 is 9.47 Å². The van der Waals surface area contributed by atoms with E-state index in [-0.39, 0.29) is 22.6 Å². The van der Waals surface area contributed by atoms with E-state index in [9.17, 15) is 9.59 Å². The van der Waals surface area contributed by atoms with Crippen molar-refractivity contribution in [3.63, 3.8) is 0 Å². The lowest BCUT2D eigenvalue weighted by Gasteiger charge is -2.16. The molecular weight excluding hydrogens is 384 g/mol. The highest BCUT2D eigenvalue weighted by molar-refractivity contribution is 6.02. The second-order valence-corrected chi connectivity index (χ2v) is 7.32. The van der Waals surface area contributed by atoms with Gasteiger partial charge in [-0.3, -0.25) is 20.4 Å². The Bertz CT molecular complexity index is 597. The van der Waals surface area contributed by atoms with Gasteiger partial charge in [0.05, 0.1) is 24.3 Å². The summed E-state index contributed by atoms with van der Waals surface area (Å²) < 4.78 is 11.6. The molecule has 0 aliphatic heterocycles. The highest BCUT2D eigenvalue weighted by atomic mass is 16.5. The molecule has 0 spiro atoms. The largest absolute Gasteiger partial charge is 0.493 e. The molecule has 8 heteroatoms. The minimum Gasteiger partial charge on any atom is -0.493 e. The minimum absolute atomic E-state index is 0.223. The van der Waals surface area contributed by atoms with E-state index in [1.54, 1.807) is 0 Å². The van der Waals surface area contributed by atoms with Gasteiger partial charge in [0.25, 0.3) is 11.8 Å². The van der Waals surface area contributed by atoms with Crippen LogP contribution in [0.2, 0.25) is 0 Å². The van der Waals surface area contributed by atoms with E-state index in [1.165, 1.54) is 37.8 Å².